The molecule has 1 aliphatic carbocycles. The summed E-state index contributed by atoms with van der Waals surface area (Å²) in [6, 6.07) is 0. The highest BCUT2D eigenvalue weighted by Gasteiger charge is 2.50. The van der Waals surface area contributed by atoms with Gasteiger partial charge in [0.1, 0.15) is 5.60 Å². The summed E-state index contributed by atoms with van der Waals surface area (Å²) in [7, 11) is 0. The highest BCUT2D eigenvalue weighted by Crippen LogP contribution is 2.43. The molecule has 0 amide bonds. The van der Waals surface area contributed by atoms with Crippen LogP contribution in [0.2, 0.25) is 0 Å². The molecule has 4 unspecified atom stereocenters. The van der Waals surface area contributed by atoms with E-state index in [0.29, 0.717) is 31.5 Å². The van der Waals surface area contributed by atoms with E-state index in [-0.39, 0.29) is 11.7 Å². The van der Waals surface area contributed by atoms with Crippen molar-refractivity contribution in [2.75, 3.05) is 0 Å². The van der Waals surface area contributed by atoms with Crippen LogP contribution in [0.25, 0.3) is 0 Å². The fraction of sp³-hybridized carbons (Fsp3) is 0.980. The van der Waals surface area contributed by atoms with Gasteiger partial charge in [0.2, 0.25) is 0 Å². The van der Waals surface area contributed by atoms with Crippen LogP contribution in [0.3, 0.4) is 0 Å². The quantitative estimate of drug-likeness (QED) is 0.0284. The summed E-state index contributed by atoms with van der Waals surface area (Å²) in [6.45, 7) is 13.2. The third-order valence-corrected chi connectivity index (χ3v) is 13.0. The first-order chi connectivity index (χ1) is 27.3. The monoisotopic (exact) mass is 795 g/mol. The Morgan fingerprint density at radius 2 is 1.04 bits per heavy atom. The maximum absolute atomic E-state index is 14.7. The lowest BCUT2D eigenvalue weighted by Crippen LogP contribution is -2.54. The number of ketones is 1. The minimum Gasteiger partial charge on any atom is -0.382 e. The molecule has 0 saturated heterocycles. The predicted molar refractivity (Wildman–Crippen MR) is 238 cm³/mol. The summed E-state index contributed by atoms with van der Waals surface area (Å²) in [5.41, 5.74) is -2.05. The molecule has 1 aliphatic rings. The van der Waals surface area contributed by atoms with Gasteiger partial charge < -0.3 is 14.6 Å². The van der Waals surface area contributed by atoms with Crippen LogP contribution in [0.4, 0.5) is 0 Å². The number of Topliss-reactive ketones (excluding diaryl/α,β-unsaturated/α-hetero) is 1. The van der Waals surface area contributed by atoms with Crippen molar-refractivity contribution >= 4 is 5.78 Å². The molecule has 334 valence electrons. The second-order valence-corrected chi connectivity index (χ2v) is 18.2. The Labute approximate surface area is 349 Å². The molecule has 0 aromatic heterocycles. The van der Waals surface area contributed by atoms with E-state index in [9.17, 15) is 15.2 Å². The number of carbonyl (C=O) groups excluding carboxylic acids is 1. The van der Waals surface area contributed by atoms with Crippen molar-refractivity contribution in [3.63, 3.8) is 0 Å². The van der Waals surface area contributed by atoms with E-state index in [1.54, 1.807) is 0 Å². The van der Waals surface area contributed by atoms with Crippen LogP contribution in [-0.4, -0.2) is 45.8 Å². The van der Waals surface area contributed by atoms with Crippen LogP contribution in [0.5, 0.6) is 0 Å². The summed E-state index contributed by atoms with van der Waals surface area (Å²) >= 11 is 0. The molecule has 6 nitrogen and oxygen atoms in total. The largest absolute Gasteiger partial charge is 0.382 e. The zero-order valence-electron chi connectivity index (χ0n) is 38.5. The molecule has 6 heteroatoms. The number of hydrogen-bond acceptors (Lipinski definition) is 6. The molecule has 1 saturated carbocycles. The van der Waals surface area contributed by atoms with Crippen molar-refractivity contribution in [3.8, 4) is 0 Å². The first-order valence-electron chi connectivity index (χ1n) is 25.2. The van der Waals surface area contributed by atoms with E-state index in [4.69, 9.17) is 14.4 Å². The topological polar surface area (TPSA) is 85.2 Å². The SMILES string of the molecule is CCCCCCC(CCCCCCCCCCC(OO)OC1(CCCCCC)CCCCCCCCCC1C(=O)C(O)(CCC)CCC)OC(CCC)CCC. The van der Waals surface area contributed by atoms with E-state index in [2.05, 4.69) is 41.5 Å². The number of carbonyl (C=O) groups is 1. The Morgan fingerprint density at radius 1 is 0.571 bits per heavy atom. The smallest absolute Gasteiger partial charge is 0.191 e. The Balaban J connectivity index is 2.84. The summed E-state index contributed by atoms with van der Waals surface area (Å²) in [6.07, 6.45) is 39.9. The molecule has 0 aliphatic heterocycles. The fourth-order valence-electron chi connectivity index (χ4n) is 9.75. The Kier molecular flexibility index (Phi) is 33.7. The molecule has 4 atom stereocenters. The minimum absolute atomic E-state index is 0.0140. The Hall–Kier alpha value is -0.530. The number of aliphatic hydroxyl groups is 1. The van der Waals surface area contributed by atoms with Gasteiger partial charge in [-0.15, -0.1) is 0 Å². The zero-order valence-corrected chi connectivity index (χ0v) is 38.5. The van der Waals surface area contributed by atoms with Gasteiger partial charge in [0.25, 0.3) is 0 Å². The van der Waals surface area contributed by atoms with Crippen LogP contribution in [0, 0.1) is 5.92 Å². The van der Waals surface area contributed by atoms with Gasteiger partial charge >= 0.3 is 0 Å². The average molecular weight is 795 g/mol. The normalized spacial score (nSPS) is 19.9. The third kappa shape index (κ3) is 23.3. The molecule has 0 spiro atoms. The second-order valence-electron chi connectivity index (χ2n) is 18.2. The van der Waals surface area contributed by atoms with Crippen molar-refractivity contribution in [1.82, 2.24) is 0 Å². The highest BCUT2D eigenvalue weighted by molar-refractivity contribution is 5.90. The minimum atomic E-state index is -1.32. The maximum Gasteiger partial charge on any atom is 0.191 e. The number of hydrogen-bond donors (Lipinski definition) is 2. The molecule has 0 heterocycles. The molecule has 0 bridgehead atoms. The molecular weight excluding hydrogens is 697 g/mol. The second kappa shape index (κ2) is 35.2. The van der Waals surface area contributed by atoms with Crippen LogP contribution in [0.15, 0.2) is 0 Å². The van der Waals surface area contributed by atoms with Crippen LogP contribution >= 0.6 is 0 Å². The van der Waals surface area contributed by atoms with E-state index < -0.39 is 17.5 Å². The molecule has 0 radical (unpaired) electrons. The van der Waals surface area contributed by atoms with E-state index in [0.717, 1.165) is 96.3 Å². The van der Waals surface area contributed by atoms with Gasteiger partial charge in [0, 0.05) is 12.3 Å². The Morgan fingerprint density at radius 3 is 1.55 bits per heavy atom. The average Bonchev–Trinajstić information content (AvgIpc) is 3.23. The summed E-state index contributed by atoms with van der Waals surface area (Å²) in [5, 5.41) is 22.2. The van der Waals surface area contributed by atoms with Gasteiger partial charge in [-0.3, -0.25) is 4.79 Å². The summed E-state index contributed by atoms with van der Waals surface area (Å²) in [4.78, 5) is 19.8. The molecule has 2 N–H and O–H groups in total. The van der Waals surface area contributed by atoms with Gasteiger partial charge in [0.15, 0.2) is 12.1 Å². The first kappa shape index (κ1) is 53.5. The van der Waals surface area contributed by atoms with E-state index >= 15 is 0 Å². The molecule has 0 aromatic carbocycles. The highest BCUT2D eigenvalue weighted by atomic mass is 17.1. The van der Waals surface area contributed by atoms with Gasteiger partial charge in [-0.1, -0.05) is 208 Å². The van der Waals surface area contributed by atoms with Gasteiger partial charge in [-0.05, 0) is 64.2 Å². The van der Waals surface area contributed by atoms with Gasteiger partial charge in [0.05, 0.1) is 17.8 Å². The van der Waals surface area contributed by atoms with E-state index in [1.807, 2.05) is 0 Å². The molecular formula is C50H98O6. The van der Waals surface area contributed by atoms with Crippen LogP contribution in [-0.2, 0) is 19.2 Å². The number of ether oxygens (including phenoxy) is 2. The predicted octanol–water partition coefficient (Wildman–Crippen LogP) is 15.8. The standard InChI is InChI=1S/C50H98O6/c1-7-13-15-28-36-45(54-44(34-9-3)35-10-4)37-29-24-20-17-18-22-26-31-39-47(56-53)55-50(42-32-16-14-8-2)43-33-27-23-19-21-25-30-38-46(50)48(51)49(52,40-11-5)41-12-6/h44-47,52-53H,7-43H2,1-6H3. The van der Waals surface area contributed by atoms with Crippen molar-refractivity contribution in [2.24, 2.45) is 5.92 Å². The molecule has 1 fully saturated rings. The maximum atomic E-state index is 14.7. The summed E-state index contributed by atoms with van der Waals surface area (Å²) < 4.78 is 13.7. The van der Waals surface area contributed by atoms with Crippen molar-refractivity contribution in [1.29, 1.82) is 0 Å². The summed E-state index contributed by atoms with van der Waals surface area (Å²) in [5.74, 6) is -0.403. The van der Waals surface area contributed by atoms with Gasteiger partial charge in [-0.2, -0.15) is 0 Å². The Bertz CT molecular complexity index is 868. The van der Waals surface area contributed by atoms with Crippen molar-refractivity contribution in [2.45, 2.75) is 309 Å². The number of rotatable bonds is 36. The lowest BCUT2D eigenvalue weighted by Gasteiger charge is -2.45. The third-order valence-electron chi connectivity index (χ3n) is 13.0. The zero-order chi connectivity index (χ0) is 41.2. The lowest BCUT2D eigenvalue weighted by molar-refractivity contribution is -0.373. The number of unbranched alkanes of at least 4 members (excludes halogenated alkanes) is 13. The van der Waals surface area contributed by atoms with Crippen LogP contribution < -0.4 is 0 Å². The van der Waals surface area contributed by atoms with E-state index in [1.165, 1.54) is 122 Å². The van der Waals surface area contributed by atoms with Gasteiger partial charge in [-0.25, -0.2) is 10.1 Å². The lowest BCUT2D eigenvalue weighted by atomic mass is 9.69. The molecule has 1 rings (SSSR count). The van der Waals surface area contributed by atoms with Crippen molar-refractivity contribution in [3.05, 3.63) is 0 Å². The molecule has 0 aromatic rings. The fourth-order valence-corrected chi connectivity index (χ4v) is 9.75. The van der Waals surface area contributed by atoms with Crippen molar-refractivity contribution < 1.29 is 29.5 Å². The van der Waals surface area contributed by atoms with Crippen LogP contribution in [0.1, 0.15) is 279 Å². The first-order valence-corrected chi connectivity index (χ1v) is 25.2. The molecule has 56 heavy (non-hydrogen) atoms.